The first-order chi connectivity index (χ1) is 13.2. The molecule has 0 saturated carbocycles. The quantitative estimate of drug-likeness (QED) is 0.865. The molecule has 2 aliphatic rings. The molecule has 2 N–H and O–H groups in total. The van der Waals surface area contributed by atoms with Gasteiger partial charge in [-0.3, -0.25) is 9.48 Å². The average molecular weight is 372 g/mol. The summed E-state index contributed by atoms with van der Waals surface area (Å²) in [5.74, 6) is -0.537. The van der Waals surface area contributed by atoms with E-state index < -0.39 is 5.54 Å². The monoisotopic (exact) mass is 372 g/mol. The number of carbonyl (C=O) groups excluding carboxylic acids is 1. The van der Waals surface area contributed by atoms with Crippen LogP contribution in [0.2, 0.25) is 0 Å². The molecule has 27 heavy (non-hydrogen) atoms. The van der Waals surface area contributed by atoms with E-state index in [1.165, 1.54) is 12.1 Å². The first-order valence-corrected chi connectivity index (χ1v) is 9.58. The van der Waals surface area contributed by atoms with Crippen LogP contribution in [0.1, 0.15) is 47.8 Å². The van der Waals surface area contributed by atoms with Crippen molar-refractivity contribution in [3.8, 4) is 0 Å². The Kier molecular flexibility index (Phi) is 5.22. The number of aromatic nitrogens is 2. The second kappa shape index (κ2) is 7.78. The minimum absolute atomic E-state index is 0.233. The van der Waals surface area contributed by atoms with Gasteiger partial charge < -0.3 is 15.4 Å². The van der Waals surface area contributed by atoms with Crippen molar-refractivity contribution in [3.05, 3.63) is 53.6 Å². The topological polar surface area (TPSA) is 68.2 Å². The van der Waals surface area contributed by atoms with E-state index in [1.54, 1.807) is 12.1 Å². The van der Waals surface area contributed by atoms with Gasteiger partial charge in [0.15, 0.2) is 0 Å². The van der Waals surface area contributed by atoms with Gasteiger partial charge in [-0.25, -0.2) is 4.39 Å². The third kappa shape index (κ3) is 3.89. The lowest BCUT2D eigenvalue weighted by Gasteiger charge is -2.38. The van der Waals surface area contributed by atoms with Crippen molar-refractivity contribution in [1.29, 1.82) is 0 Å². The number of nitrogens with zero attached hydrogens (tertiary/aromatic N) is 2. The van der Waals surface area contributed by atoms with Crippen LogP contribution in [0.4, 0.5) is 4.39 Å². The fourth-order valence-corrected chi connectivity index (χ4v) is 3.99. The Morgan fingerprint density at radius 3 is 2.93 bits per heavy atom. The molecule has 1 atom stereocenters. The lowest BCUT2D eigenvalue weighted by atomic mass is 9.82. The highest BCUT2D eigenvalue weighted by Crippen LogP contribution is 2.33. The second-order valence-electron chi connectivity index (χ2n) is 7.34. The molecule has 0 bridgehead atoms. The van der Waals surface area contributed by atoms with E-state index in [4.69, 9.17) is 4.74 Å². The third-order valence-corrected chi connectivity index (χ3v) is 5.56. The highest BCUT2D eigenvalue weighted by molar-refractivity contribution is 5.92. The predicted molar refractivity (Wildman–Crippen MR) is 99.0 cm³/mol. The Morgan fingerprint density at radius 2 is 2.19 bits per heavy atom. The van der Waals surface area contributed by atoms with Crippen LogP contribution >= 0.6 is 0 Å². The Balaban J connectivity index is 1.54. The Morgan fingerprint density at radius 1 is 1.33 bits per heavy atom. The van der Waals surface area contributed by atoms with Gasteiger partial charge in [-0.1, -0.05) is 12.1 Å². The van der Waals surface area contributed by atoms with Crippen molar-refractivity contribution in [2.24, 2.45) is 0 Å². The van der Waals surface area contributed by atoms with Crippen molar-refractivity contribution in [1.82, 2.24) is 20.4 Å². The van der Waals surface area contributed by atoms with Gasteiger partial charge in [0.2, 0.25) is 0 Å². The van der Waals surface area contributed by atoms with E-state index >= 15 is 0 Å². The van der Waals surface area contributed by atoms with Crippen LogP contribution in [-0.4, -0.2) is 42.0 Å². The fraction of sp³-hybridized carbons (Fsp3) is 0.500. The number of hydrogen-bond donors (Lipinski definition) is 2. The molecule has 2 fully saturated rings. The number of halogens is 1. The summed E-state index contributed by atoms with van der Waals surface area (Å²) >= 11 is 0. The molecule has 0 spiro atoms. The molecule has 3 heterocycles. The average Bonchev–Trinajstić information content (AvgIpc) is 3.20. The second-order valence-corrected chi connectivity index (χ2v) is 7.34. The number of carbonyl (C=O) groups is 1. The minimum atomic E-state index is -0.631. The number of hydrogen-bond acceptors (Lipinski definition) is 4. The van der Waals surface area contributed by atoms with E-state index in [-0.39, 0.29) is 17.8 Å². The standard InChI is InChI=1S/C20H25FN4O2/c21-16-4-1-3-15(13-16)20(7-11-27-12-8-20)23-19(26)18-6-10-25(24-18)17-5-2-9-22-14-17/h1,3-4,6,10,13,17,22H,2,5,7-9,11-12,14H2,(H,23,26). The smallest absolute Gasteiger partial charge is 0.272 e. The Labute approximate surface area is 158 Å². The largest absolute Gasteiger partial charge is 0.381 e. The van der Waals surface area contributed by atoms with E-state index in [9.17, 15) is 9.18 Å². The number of amides is 1. The number of benzene rings is 1. The Bertz CT molecular complexity index is 795. The summed E-state index contributed by atoms with van der Waals surface area (Å²) in [5.41, 5.74) is 0.533. The molecule has 1 aromatic carbocycles. The zero-order valence-corrected chi connectivity index (χ0v) is 15.3. The van der Waals surface area contributed by atoms with Crippen molar-refractivity contribution >= 4 is 5.91 Å². The molecular formula is C20H25FN4O2. The van der Waals surface area contributed by atoms with Crippen molar-refractivity contribution in [2.45, 2.75) is 37.3 Å². The van der Waals surface area contributed by atoms with Crippen LogP contribution in [0.3, 0.4) is 0 Å². The van der Waals surface area contributed by atoms with Crippen molar-refractivity contribution in [2.75, 3.05) is 26.3 Å². The molecular weight excluding hydrogens is 347 g/mol. The van der Waals surface area contributed by atoms with Crippen LogP contribution in [0, 0.1) is 5.82 Å². The number of rotatable bonds is 4. The summed E-state index contributed by atoms with van der Waals surface area (Å²) in [6.45, 7) is 2.95. The molecule has 1 aromatic heterocycles. The van der Waals surface area contributed by atoms with E-state index in [2.05, 4.69) is 15.7 Å². The maximum absolute atomic E-state index is 13.8. The van der Waals surface area contributed by atoms with Crippen molar-refractivity contribution in [3.63, 3.8) is 0 Å². The predicted octanol–water partition coefficient (Wildman–Crippen LogP) is 2.38. The zero-order valence-electron chi connectivity index (χ0n) is 15.3. The van der Waals surface area contributed by atoms with Crippen molar-refractivity contribution < 1.29 is 13.9 Å². The number of piperidine rings is 1. The molecule has 1 unspecified atom stereocenters. The van der Waals surface area contributed by atoms with Gasteiger partial charge >= 0.3 is 0 Å². The summed E-state index contributed by atoms with van der Waals surface area (Å²) in [7, 11) is 0. The lowest BCUT2D eigenvalue weighted by Crippen LogP contribution is -2.49. The maximum Gasteiger partial charge on any atom is 0.272 e. The van der Waals surface area contributed by atoms with Gasteiger partial charge in [0.25, 0.3) is 5.91 Å². The number of ether oxygens (including phenoxy) is 1. The molecule has 6 nitrogen and oxygen atoms in total. The van der Waals surface area contributed by atoms with Crippen LogP contribution in [-0.2, 0) is 10.3 Å². The highest BCUT2D eigenvalue weighted by atomic mass is 19.1. The van der Waals surface area contributed by atoms with Gasteiger partial charge in [0.05, 0.1) is 11.6 Å². The maximum atomic E-state index is 13.8. The summed E-state index contributed by atoms with van der Waals surface area (Å²) in [6.07, 6.45) is 5.24. The fourth-order valence-electron chi connectivity index (χ4n) is 3.99. The summed E-state index contributed by atoms with van der Waals surface area (Å²) in [5, 5.41) is 11.0. The molecule has 2 aromatic rings. The molecule has 7 heteroatoms. The first-order valence-electron chi connectivity index (χ1n) is 9.58. The van der Waals surface area contributed by atoms with Crippen LogP contribution in [0.25, 0.3) is 0 Å². The molecule has 0 aliphatic carbocycles. The first kappa shape index (κ1) is 18.1. The van der Waals surface area contributed by atoms with Crippen LogP contribution in [0.5, 0.6) is 0 Å². The van der Waals surface area contributed by atoms with Gasteiger partial charge in [0.1, 0.15) is 11.5 Å². The van der Waals surface area contributed by atoms with E-state index in [0.29, 0.717) is 31.7 Å². The van der Waals surface area contributed by atoms with E-state index in [1.807, 2.05) is 16.9 Å². The van der Waals surface area contributed by atoms with Gasteiger partial charge in [-0.2, -0.15) is 5.10 Å². The molecule has 2 aliphatic heterocycles. The zero-order chi connectivity index (χ0) is 18.7. The third-order valence-electron chi connectivity index (χ3n) is 5.56. The molecule has 144 valence electrons. The molecule has 1 amide bonds. The molecule has 0 radical (unpaired) electrons. The molecule has 2 saturated heterocycles. The van der Waals surface area contributed by atoms with Gasteiger partial charge in [-0.05, 0) is 56.0 Å². The SMILES string of the molecule is O=C(NC1(c2cccc(F)c2)CCOCC1)c1ccn(C2CCCNC2)n1. The van der Waals surface area contributed by atoms with Gasteiger partial charge in [0, 0.05) is 26.0 Å². The summed E-state index contributed by atoms with van der Waals surface area (Å²) < 4.78 is 21.1. The lowest BCUT2D eigenvalue weighted by molar-refractivity contribution is 0.0342. The Hall–Kier alpha value is -2.25. The summed E-state index contributed by atoms with van der Waals surface area (Å²) in [6, 6.07) is 8.49. The van der Waals surface area contributed by atoms with Crippen LogP contribution in [0.15, 0.2) is 36.5 Å². The minimum Gasteiger partial charge on any atom is -0.381 e. The highest BCUT2D eigenvalue weighted by Gasteiger charge is 2.37. The van der Waals surface area contributed by atoms with Crippen LogP contribution < -0.4 is 10.6 Å². The van der Waals surface area contributed by atoms with Gasteiger partial charge in [-0.15, -0.1) is 0 Å². The normalized spacial score (nSPS) is 22.3. The summed E-state index contributed by atoms with van der Waals surface area (Å²) in [4.78, 5) is 12.9. The van der Waals surface area contributed by atoms with E-state index in [0.717, 1.165) is 31.5 Å². The number of nitrogens with one attached hydrogen (secondary N) is 2. The molecule has 4 rings (SSSR count).